The number of carbonyl (C=O) groups is 1. The molecule has 2 aromatic rings. The third-order valence-corrected chi connectivity index (χ3v) is 3.76. The van der Waals surface area contributed by atoms with E-state index in [1.165, 1.54) is 22.9 Å². The Balaban J connectivity index is 1.78. The van der Waals surface area contributed by atoms with E-state index in [0.717, 1.165) is 0 Å². The van der Waals surface area contributed by atoms with E-state index in [4.69, 9.17) is 4.74 Å². The number of carbonyl (C=O) groups excluding carboxylic acids is 1. The summed E-state index contributed by atoms with van der Waals surface area (Å²) < 4.78 is 21.0. The lowest BCUT2D eigenvalue weighted by Gasteiger charge is -2.35. The summed E-state index contributed by atoms with van der Waals surface area (Å²) in [6, 6.07) is 4.03. The molecule has 8 nitrogen and oxygen atoms in total. The van der Waals surface area contributed by atoms with Gasteiger partial charge in [-0.05, 0) is 49.4 Å². The number of nitrogens with one attached hydrogen (secondary N) is 1. The number of benzene rings is 1. The lowest BCUT2D eigenvalue weighted by Crippen LogP contribution is -2.49. The summed E-state index contributed by atoms with van der Waals surface area (Å²) in [6.07, 6.45) is -0.0423. The summed E-state index contributed by atoms with van der Waals surface area (Å²) in [5, 5.41) is 13.8. The number of rotatable bonds is 2. The number of nitrogens with zero attached hydrogens (tertiary/aromatic N) is 5. The van der Waals surface area contributed by atoms with Crippen LogP contribution in [0.15, 0.2) is 18.2 Å². The molecule has 1 aromatic heterocycles. The second kappa shape index (κ2) is 6.52. The Morgan fingerprint density at radius 1 is 1.33 bits per heavy atom. The van der Waals surface area contributed by atoms with Gasteiger partial charge < -0.3 is 15.0 Å². The van der Waals surface area contributed by atoms with Crippen molar-refractivity contribution in [3.8, 4) is 5.69 Å². The van der Waals surface area contributed by atoms with Crippen LogP contribution in [0.3, 0.4) is 0 Å². The maximum Gasteiger partial charge on any atom is 0.322 e. The van der Waals surface area contributed by atoms with Crippen molar-refractivity contribution in [2.75, 3.05) is 18.4 Å². The van der Waals surface area contributed by atoms with E-state index in [-0.39, 0.29) is 23.9 Å². The molecular weight excluding hydrogens is 315 g/mol. The van der Waals surface area contributed by atoms with E-state index in [0.29, 0.717) is 24.6 Å². The molecule has 0 unspecified atom stereocenters. The van der Waals surface area contributed by atoms with E-state index in [1.807, 2.05) is 13.8 Å². The number of hydrogen-bond acceptors (Lipinski definition) is 5. The minimum atomic E-state index is -0.475. The van der Waals surface area contributed by atoms with Gasteiger partial charge in [-0.25, -0.2) is 9.18 Å². The van der Waals surface area contributed by atoms with Crippen LogP contribution in [-0.4, -0.2) is 56.4 Å². The van der Waals surface area contributed by atoms with E-state index in [1.54, 1.807) is 11.8 Å². The van der Waals surface area contributed by atoms with Crippen molar-refractivity contribution in [2.24, 2.45) is 0 Å². The van der Waals surface area contributed by atoms with Gasteiger partial charge in [0.15, 0.2) is 5.82 Å². The minimum Gasteiger partial charge on any atom is -0.372 e. The number of tetrazole rings is 1. The predicted octanol–water partition coefficient (Wildman–Crippen LogP) is 1.75. The van der Waals surface area contributed by atoms with Crippen LogP contribution in [0.4, 0.5) is 14.9 Å². The van der Waals surface area contributed by atoms with Crippen LogP contribution in [0, 0.1) is 12.7 Å². The molecule has 2 heterocycles. The number of urea groups is 1. The average molecular weight is 334 g/mol. The Bertz CT molecular complexity index is 739. The number of aromatic nitrogens is 4. The first-order valence-corrected chi connectivity index (χ1v) is 7.70. The van der Waals surface area contributed by atoms with Gasteiger partial charge in [0.05, 0.1) is 12.2 Å². The second-order valence-corrected chi connectivity index (χ2v) is 5.90. The summed E-state index contributed by atoms with van der Waals surface area (Å²) in [5.41, 5.74) is 0.650. The summed E-state index contributed by atoms with van der Waals surface area (Å²) in [6.45, 7) is 6.53. The van der Waals surface area contributed by atoms with E-state index >= 15 is 0 Å². The van der Waals surface area contributed by atoms with Crippen LogP contribution in [0.2, 0.25) is 0 Å². The molecule has 1 fully saturated rings. The Morgan fingerprint density at radius 3 is 2.67 bits per heavy atom. The fourth-order valence-corrected chi connectivity index (χ4v) is 2.75. The maximum atomic E-state index is 14.1. The Kier molecular flexibility index (Phi) is 4.43. The first-order chi connectivity index (χ1) is 11.4. The second-order valence-electron chi connectivity index (χ2n) is 5.90. The average Bonchev–Trinajstić information content (AvgIpc) is 2.94. The minimum absolute atomic E-state index is 0.0212. The van der Waals surface area contributed by atoms with Crippen LogP contribution < -0.4 is 5.32 Å². The summed E-state index contributed by atoms with van der Waals surface area (Å²) in [5.74, 6) is -0.0229. The third kappa shape index (κ3) is 3.35. The normalized spacial score (nSPS) is 20.9. The van der Waals surface area contributed by atoms with Crippen molar-refractivity contribution in [1.29, 1.82) is 0 Å². The fourth-order valence-electron chi connectivity index (χ4n) is 2.75. The number of aryl methyl sites for hydroxylation is 1. The molecule has 1 aliphatic rings. The zero-order valence-corrected chi connectivity index (χ0v) is 13.7. The molecule has 1 aromatic carbocycles. The molecule has 24 heavy (non-hydrogen) atoms. The topological polar surface area (TPSA) is 85.2 Å². The zero-order chi connectivity index (χ0) is 17.3. The van der Waals surface area contributed by atoms with E-state index in [9.17, 15) is 9.18 Å². The molecule has 0 aliphatic carbocycles. The molecule has 0 saturated carbocycles. The molecule has 1 aliphatic heterocycles. The SMILES string of the molecule is Cc1nnnn1-c1cc(NC(=O)N2C[C@@H](C)O[C@@H](C)C2)ccc1F. The van der Waals surface area contributed by atoms with Crippen LogP contribution in [-0.2, 0) is 4.74 Å². The van der Waals surface area contributed by atoms with Crippen LogP contribution >= 0.6 is 0 Å². The van der Waals surface area contributed by atoms with Crippen LogP contribution in [0.5, 0.6) is 0 Å². The van der Waals surface area contributed by atoms with Crippen molar-refractivity contribution >= 4 is 11.7 Å². The van der Waals surface area contributed by atoms with Crippen LogP contribution in [0.1, 0.15) is 19.7 Å². The number of anilines is 1. The van der Waals surface area contributed by atoms with Gasteiger partial charge in [0, 0.05) is 18.8 Å². The van der Waals surface area contributed by atoms with Gasteiger partial charge in [0.25, 0.3) is 0 Å². The number of hydrogen-bond donors (Lipinski definition) is 1. The largest absolute Gasteiger partial charge is 0.372 e. The molecule has 2 amide bonds. The highest BCUT2D eigenvalue weighted by Crippen LogP contribution is 2.20. The zero-order valence-electron chi connectivity index (χ0n) is 13.7. The Labute approximate surface area is 138 Å². The molecule has 0 radical (unpaired) electrons. The molecule has 1 saturated heterocycles. The van der Waals surface area contributed by atoms with Gasteiger partial charge in [-0.3, -0.25) is 0 Å². The van der Waals surface area contributed by atoms with Crippen molar-refractivity contribution in [2.45, 2.75) is 33.0 Å². The van der Waals surface area contributed by atoms with Gasteiger partial charge in [-0.1, -0.05) is 0 Å². The van der Waals surface area contributed by atoms with Gasteiger partial charge in [0.2, 0.25) is 0 Å². The number of amides is 2. The van der Waals surface area contributed by atoms with Gasteiger partial charge in [-0.2, -0.15) is 4.68 Å². The molecule has 1 N–H and O–H groups in total. The van der Waals surface area contributed by atoms with E-state index in [2.05, 4.69) is 20.8 Å². The number of morpholine rings is 1. The molecular formula is C15H19FN6O2. The first-order valence-electron chi connectivity index (χ1n) is 7.70. The third-order valence-electron chi connectivity index (χ3n) is 3.76. The highest BCUT2D eigenvalue weighted by atomic mass is 19.1. The Morgan fingerprint density at radius 2 is 2.04 bits per heavy atom. The standard InChI is InChI=1S/C15H19FN6O2/c1-9-7-21(8-10(2)24-9)15(23)17-12-4-5-13(16)14(6-12)22-11(3)18-19-20-22/h4-6,9-10H,7-8H2,1-3H3,(H,17,23)/t9-,10+. The van der Waals surface area contributed by atoms with Crippen LogP contribution in [0.25, 0.3) is 5.69 Å². The monoisotopic (exact) mass is 334 g/mol. The molecule has 2 atom stereocenters. The number of halogens is 1. The fraction of sp³-hybridized carbons (Fsp3) is 0.467. The first kappa shape index (κ1) is 16.3. The van der Waals surface area contributed by atoms with E-state index < -0.39 is 5.82 Å². The van der Waals surface area contributed by atoms with Crippen molar-refractivity contribution in [3.05, 3.63) is 29.8 Å². The van der Waals surface area contributed by atoms with Crippen molar-refractivity contribution < 1.29 is 13.9 Å². The summed E-state index contributed by atoms with van der Waals surface area (Å²) in [4.78, 5) is 14.1. The highest BCUT2D eigenvalue weighted by molar-refractivity contribution is 5.89. The lowest BCUT2D eigenvalue weighted by atomic mass is 10.2. The van der Waals surface area contributed by atoms with Gasteiger partial charge in [0.1, 0.15) is 11.5 Å². The summed E-state index contributed by atoms with van der Waals surface area (Å²) in [7, 11) is 0. The molecule has 128 valence electrons. The summed E-state index contributed by atoms with van der Waals surface area (Å²) >= 11 is 0. The van der Waals surface area contributed by atoms with Gasteiger partial charge in [-0.15, -0.1) is 5.10 Å². The quantitative estimate of drug-likeness (QED) is 0.904. The van der Waals surface area contributed by atoms with Gasteiger partial charge >= 0.3 is 6.03 Å². The highest BCUT2D eigenvalue weighted by Gasteiger charge is 2.26. The molecule has 0 bridgehead atoms. The number of ether oxygens (including phenoxy) is 1. The smallest absolute Gasteiger partial charge is 0.322 e. The maximum absolute atomic E-state index is 14.1. The molecule has 3 rings (SSSR count). The van der Waals surface area contributed by atoms with Crippen molar-refractivity contribution in [3.63, 3.8) is 0 Å². The van der Waals surface area contributed by atoms with Crippen molar-refractivity contribution in [1.82, 2.24) is 25.1 Å². The predicted molar refractivity (Wildman–Crippen MR) is 84.4 cm³/mol. The molecule has 9 heteroatoms. The Hall–Kier alpha value is -2.55. The lowest BCUT2D eigenvalue weighted by molar-refractivity contribution is -0.0530. The molecule has 0 spiro atoms.